The van der Waals surface area contributed by atoms with Crippen molar-refractivity contribution in [2.24, 2.45) is 11.7 Å². The number of carbonyl (C=O) groups is 1. The highest BCUT2D eigenvalue weighted by Crippen LogP contribution is 2.21. The normalized spacial score (nSPS) is 19.9. The van der Waals surface area contributed by atoms with Gasteiger partial charge in [0.15, 0.2) is 0 Å². The lowest BCUT2D eigenvalue weighted by Crippen LogP contribution is -2.45. The molecular weight excluding hydrogens is 276 g/mol. The third-order valence-electron chi connectivity index (χ3n) is 4.38. The molecule has 1 fully saturated rings. The lowest BCUT2D eigenvalue weighted by Gasteiger charge is -2.34. The Balaban J connectivity index is 1.79. The molecule has 1 aromatic heterocycles. The van der Waals surface area contributed by atoms with Gasteiger partial charge in [-0.3, -0.25) is 4.79 Å². The molecule has 0 aliphatic carbocycles. The van der Waals surface area contributed by atoms with Gasteiger partial charge < -0.3 is 15.2 Å². The van der Waals surface area contributed by atoms with Crippen LogP contribution in [0.5, 0.6) is 0 Å². The topological polar surface area (TPSA) is 64.2 Å². The van der Waals surface area contributed by atoms with Gasteiger partial charge in [0.05, 0.1) is 6.33 Å². The molecule has 0 saturated carbocycles. The maximum atomic E-state index is 12.7. The van der Waals surface area contributed by atoms with Crippen molar-refractivity contribution in [2.45, 2.75) is 25.8 Å². The number of benzene rings is 1. The Morgan fingerprint density at radius 2 is 2.32 bits per heavy atom. The number of amides is 1. The van der Waals surface area contributed by atoms with E-state index >= 15 is 0 Å². The number of hydrogen-bond donors (Lipinski definition) is 1. The molecule has 1 amide bonds. The second-order valence-corrected chi connectivity index (χ2v) is 6.03. The zero-order valence-electron chi connectivity index (χ0n) is 12.9. The Morgan fingerprint density at radius 3 is 3.05 bits per heavy atom. The van der Waals surface area contributed by atoms with E-state index in [4.69, 9.17) is 5.73 Å². The summed E-state index contributed by atoms with van der Waals surface area (Å²) in [5.41, 5.74) is 7.68. The Labute approximate surface area is 130 Å². The van der Waals surface area contributed by atoms with E-state index < -0.39 is 0 Å². The third kappa shape index (κ3) is 3.04. The molecule has 2 N–H and O–H groups in total. The lowest BCUT2D eigenvalue weighted by molar-refractivity contribution is 0.0661. The fraction of sp³-hybridized carbons (Fsp3) is 0.412. The first kappa shape index (κ1) is 14.8. The molecule has 1 aromatic carbocycles. The summed E-state index contributed by atoms with van der Waals surface area (Å²) in [6.07, 6.45) is 7.47. The summed E-state index contributed by atoms with van der Waals surface area (Å²) in [7, 11) is 0. The molecule has 0 bridgehead atoms. The maximum Gasteiger partial charge on any atom is 0.253 e. The van der Waals surface area contributed by atoms with Crippen molar-refractivity contribution in [2.75, 3.05) is 13.1 Å². The number of carbonyl (C=O) groups excluding carboxylic acids is 1. The van der Waals surface area contributed by atoms with E-state index in [1.54, 1.807) is 12.5 Å². The molecule has 2 heterocycles. The highest BCUT2D eigenvalue weighted by molar-refractivity contribution is 5.94. The zero-order valence-corrected chi connectivity index (χ0v) is 12.9. The van der Waals surface area contributed by atoms with Crippen LogP contribution in [0, 0.1) is 5.92 Å². The molecule has 116 valence electrons. The minimum absolute atomic E-state index is 0.0901. The number of aromatic nitrogens is 2. The summed E-state index contributed by atoms with van der Waals surface area (Å²) in [5, 5.41) is 0. The Kier molecular flexibility index (Phi) is 4.24. The molecule has 1 aliphatic rings. The minimum atomic E-state index is 0.0901. The van der Waals surface area contributed by atoms with Crippen molar-refractivity contribution in [1.82, 2.24) is 14.5 Å². The number of imidazole rings is 1. The van der Waals surface area contributed by atoms with Crippen LogP contribution in [0.3, 0.4) is 0 Å². The zero-order chi connectivity index (χ0) is 15.5. The number of nitrogens with zero attached hydrogens (tertiary/aromatic N) is 3. The predicted octanol–water partition coefficient (Wildman–Crippen LogP) is 2.07. The van der Waals surface area contributed by atoms with E-state index in [9.17, 15) is 4.79 Å². The van der Waals surface area contributed by atoms with Crippen LogP contribution in [0.25, 0.3) is 5.69 Å². The fourth-order valence-electron chi connectivity index (χ4n) is 3.02. The van der Waals surface area contributed by atoms with Crippen LogP contribution < -0.4 is 5.73 Å². The first-order chi connectivity index (χ1) is 10.6. The van der Waals surface area contributed by atoms with Gasteiger partial charge in [-0.25, -0.2) is 4.98 Å². The van der Waals surface area contributed by atoms with E-state index in [0.29, 0.717) is 5.92 Å². The summed E-state index contributed by atoms with van der Waals surface area (Å²) in [6, 6.07) is 7.81. The molecular formula is C17H22N4O. The molecule has 1 saturated heterocycles. The van der Waals surface area contributed by atoms with Gasteiger partial charge in [-0.05, 0) is 43.9 Å². The Hall–Kier alpha value is -2.14. The van der Waals surface area contributed by atoms with Gasteiger partial charge in [0.2, 0.25) is 0 Å². The lowest BCUT2D eigenvalue weighted by atomic mass is 9.92. The molecule has 2 aromatic rings. The molecule has 3 rings (SSSR count). The van der Waals surface area contributed by atoms with E-state index in [0.717, 1.165) is 37.2 Å². The molecule has 1 aliphatic heterocycles. The van der Waals surface area contributed by atoms with Crippen molar-refractivity contribution >= 4 is 5.91 Å². The smallest absolute Gasteiger partial charge is 0.253 e. The van der Waals surface area contributed by atoms with Crippen LogP contribution in [0.15, 0.2) is 43.0 Å². The Morgan fingerprint density at radius 1 is 1.45 bits per heavy atom. The average Bonchev–Trinajstić information content (AvgIpc) is 3.09. The van der Waals surface area contributed by atoms with Crippen molar-refractivity contribution < 1.29 is 4.79 Å². The van der Waals surface area contributed by atoms with Crippen LogP contribution in [-0.4, -0.2) is 39.5 Å². The average molecular weight is 298 g/mol. The molecule has 2 unspecified atom stereocenters. The standard InChI is InChI=1S/C17H22N4O/c1-13(18)15-5-3-8-20(11-15)17(22)14-4-2-6-16(10-14)21-9-7-19-12-21/h2,4,6-7,9-10,12-13,15H,3,5,8,11,18H2,1H3. The molecule has 5 nitrogen and oxygen atoms in total. The van der Waals surface area contributed by atoms with Crippen molar-refractivity contribution in [3.8, 4) is 5.69 Å². The molecule has 2 atom stereocenters. The predicted molar refractivity (Wildman–Crippen MR) is 85.8 cm³/mol. The van der Waals surface area contributed by atoms with Crippen LogP contribution in [-0.2, 0) is 0 Å². The fourth-order valence-corrected chi connectivity index (χ4v) is 3.02. The van der Waals surface area contributed by atoms with Crippen LogP contribution in [0.1, 0.15) is 30.1 Å². The van der Waals surface area contributed by atoms with Gasteiger partial charge in [0.1, 0.15) is 0 Å². The number of likely N-dealkylation sites (tertiary alicyclic amines) is 1. The summed E-state index contributed by atoms with van der Waals surface area (Å²) in [5.74, 6) is 0.488. The number of nitrogens with two attached hydrogens (primary N) is 1. The van der Waals surface area contributed by atoms with Crippen molar-refractivity contribution in [3.05, 3.63) is 48.5 Å². The van der Waals surface area contributed by atoms with Gasteiger partial charge in [0.25, 0.3) is 5.91 Å². The second-order valence-electron chi connectivity index (χ2n) is 6.03. The molecule has 22 heavy (non-hydrogen) atoms. The van der Waals surface area contributed by atoms with Crippen LogP contribution >= 0.6 is 0 Å². The van der Waals surface area contributed by atoms with Crippen molar-refractivity contribution in [3.63, 3.8) is 0 Å². The van der Waals surface area contributed by atoms with Crippen molar-refractivity contribution in [1.29, 1.82) is 0 Å². The van der Waals surface area contributed by atoms with Gasteiger partial charge in [0, 0.05) is 42.8 Å². The van der Waals surface area contributed by atoms with Gasteiger partial charge in [-0.2, -0.15) is 0 Å². The van der Waals surface area contributed by atoms with Gasteiger partial charge in [-0.1, -0.05) is 6.07 Å². The summed E-state index contributed by atoms with van der Waals surface area (Å²) < 4.78 is 1.90. The second kappa shape index (κ2) is 6.32. The largest absolute Gasteiger partial charge is 0.338 e. The number of hydrogen-bond acceptors (Lipinski definition) is 3. The van der Waals surface area contributed by atoms with Crippen LogP contribution in [0.2, 0.25) is 0 Å². The molecule has 5 heteroatoms. The van der Waals surface area contributed by atoms with E-state index in [2.05, 4.69) is 4.98 Å². The summed E-state index contributed by atoms with van der Waals surface area (Å²) >= 11 is 0. The highest BCUT2D eigenvalue weighted by Gasteiger charge is 2.26. The molecule has 0 radical (unpaired) electrons. The first-order valence-electron chi connectivity index (χ1n) is 7.78. The summed E-state index contributed by atoms with van der Waals surface area (Å²) in [6.45, 7) is 3.60. The maximum absolute atomic E-state index is 12.7. The SMILES string of the molecule is CC(N)C1CCCN(C(=O)c2cccc(-n3ccnc3)c2)C1. The van der Waals surface area contributed by atoms with Crippen LogP contribution in [0.4, 0.5) is 0 Å². The van der Waals surface area contributed by atoms with E-state index in [-0.39, 0.29) is 11.9 Å². The van der Waals surface area contributed by atoms with E-state index in [1.807, 2.05) is 46.9 Å². The van der Waals surface area contributed by atoms with Gasteiger partial charge >= 0.3 is 0 Å². The highest BCUT2D eigenvalue weighted by atomic mass is 16.2. The molecule has 0 spiro atoms. The number of piperidine rings is 1. The van der Waals surface area contributed by atoms with E-state index in [1.165, 1.54) is 0 Å². The monoisotopic (exact) mass is 298 g/mol. The first-order valence-corrected chi connectivity index (χ1v) is 7.78. The quantitative estimate of drug-likeness (QED) is 0.943. The summed E-state index contributed by atoms with van der Waals surface area (Å²) in [4.78, 5) is 18.7. The third-order valence-corrected chi connectivity index (χ3v) is 4.38. The van der Waals surface area contributed by atoms with Gasteiger partial charge in [-0.15, -0.1) is 0 Å². The minimum Gasteiger partial charge on any atom is -0.338 e. The number of rotatable bonds is 3. The Bertz CT molecular complexity index is 636.